The van der Waals surface area contributed by atoms with Gasteiger partial charge in [-0.3, -0.25) is 19.2 Å². The fourth-order valence-electron chi connectivity index (χ4n) is 4.82. The molecule has 0 radical (unpaired) electrons. The quantitative estimate of drug-likeness (QED) is 0.449. The third kappa shape index (κ3) is 1.03. The van der Waals surface area contributed by atoms with Gasteiger partial charge in [0.2, 0.25) is 0 Å². The maximum Gasteiger partial charge on any atom is 0.317 e. The Labute approximate surface area is 103 Å². The minimum Gasteiger partial charge on any atom is -0.393 e. The van der Waals surface area contributed by atoms with E-state index in [2.05, 4.69) is 0 Å². The number of hydrogen-bond acceptors (Lipinski definition) is 5. The Morgan fingerprint density at radius 3 is 2.22 bits per heavy atom. The Kier molecular flexibility index (Phi) is 1.78. The second-order valence-electron chi connectivity index (χ2n) is 5.93. The van der Waals surface area contributed by atoms with Crippen LogP contribution in [-0.2, 0) is 23.9 Å². The lowest BCUT2D eigenvalue weighted by Gasteiger charge is -2.36. The summed E-state index contributed by atoms with van der Waals surface area (Å²) in [6.45, 7) is 0. The molecule has 5 heteroatoms. The van der Waals surface area contributed by atoms with Crippen LogP contribution in [0.25, 0.3) is 0 Å². The third-order valence-corrected chi connectivity index (χ3v) is 5.28. The first-order valence-corrected chi connectivity index (χ1v) is 6.38. The Bertz CT molecular complexity index is 508. The molecule has 2 bridgehead atoms. The number of Topliss-reactive ketones (excluding diaryl/α,β-unsaturated/α-hetero) is 2. The van der Waals surface area contributed by atoms with Gasteiger partial charge in [-0.1, -0.05) is 0 Å². The van der Waals surface area contributed by atoms with Crippen LogP contribution in [0.5, 0.6) is 0 Å². The van der Waals surface area contributed by atoms with Gasteiger partial charge in [-0.25, -0.2) is 0 Å². The van der Waals surface area contributed by atoms with E-state index in [-0.39, 0.29) is 47.6 Å². The highest BCUT2D eigenvalue weighted by molar-refractivity contribution is 6.05. The first kappa shape index (κ1) is 10.4. The van der Waals surface area contributed by atoms with E-state index in [1.807, 2.05) is 0 Å². The number of rotatable bonds is 0. The summed E-state index contributed by atoms with van der Waals surface area (Å²) < 4.78 is 4.70. The van der Waals surface area contributed by atoms with Gasteiger partial charge in [0.05, 0.1) is 18.3 Å². The lowest BCUT2D eigenvalue weighted by Crippen LogP contribution is -2.44. The minimum absolute atomic E-state index is 0.00264. The van der Waals surface area contributed by atoms with Crippen molar-refractivity contribution in [2.24, 2.45) is 35.5 Å². The van der Waals surface area contributed by atoms with Gasteiger partial charge in [-0.05, 0) is 24.2 Å². The Morgan fingerprint density at radius 2 is 1.50 bits per heavy atom. The number of carbonyl (C=O) groups is 4. The zero-order valence-electron chi connectivity index (χ0n) is 9.63. The number of carbonyl (C=O) groups excluding carboxylic acids is 4. The molecule has 5 nitrogen and oxygen atoms in total. The van der Waals surface area contributed by atoms with Crippen molar-refractivity contribution in [3.8, 4) is 0 Å². The zero-order valence-corrected chi connectivity index (χ0v) is 9.63. The van der Waals surface area contributed by atoms with Crippen LogP contribution in [0.2, 0.25) is 0 Å². The molecule has 3 aliphatic carbocycles. The van der Waals surface area contributed by atoms with Gasteiger partial charge in [0.1, 0.15) is 11.6 Å². The van der Waals surface area contributed by atoms with Crippen molar-refractivity contribution in [1.29, 1.82) is 0 Å². The Morgan fingerprint density at radius 1 is 0.833 bits per heavy atom. The van der Waals surface area contributed by atoms with Crippen LogP contribution in [0.1, 0.15) is 19.3 Å². The molecule has 0 aromatic carbocycles. The molecule has 18 heavy (non-hydrogen) atoms. The molecule has 1 saturated heterocycles. The predicted octanol–water partition coefficient (Wildman–Crippen LogP) is 0.116. The van der Waals surface area contributed by atoms with E-state index >= 15 is 0 Å². The molecule has 0 amide bonds. The molecule has 6 atom stereocenters. The average molecular weight is 248 g/mol. The lowest BCUT2D eigenvalue weighted by molar-refractivity contribution is -0.154. The van der Waals surface area contributed by atoms with Crippen molar-refractivity contribution in [1.82, 2.24) is 0 Å². The lowest BCUT2D eigenvalue weighted by atomic mass is 9.63. The first-order chi connectivity index (χ1) is 8.58. The van der Waals surface area contributed by atoms with Crippen LogP contribution in [0.3, 0.4) is 0 Å². The number of esters is 2. The summed E-state index contributed by atoms with van der Waals surface area (Å²) in [6.07, 6.45) is 1.12. The SMILES string of the molecule is O=C1CC(=O)C2C(C1)C1CC2C2C(=O)OC(=O)C12. The Balaban J connectivity index is 1.76. The monoisotopic (exact) mass is 248 g/mol. The van der Waals surface area contributed by atoms with Gasteiger partial charge in [-0.2, -0.15) is 0 Å². The maximum absolute atomic E-state index is 12.0. The van der Waals surface area contributed by atoms with Crippen LogP contribution in [0.4, 0.5) is 0 Å². The molecule has 0 aromatic heterocycles. The molecule has 4 aliphatic rings. The topological polar surface area (TPSA) is 77.5 Å². The maximum atomic E-state index is 12.0. The Hall–Kier alpha value is -1.52. The normalized spacial score (nSPS) is 49.3. The second kappa shape index (κ2) is 3.08. The molecule has 0 spiro atoms. The van der Waals surface area contributed by atoms with Crippen LogP contribution in [0, 0.1) is 35.5 Å². The van der Waals surface area contributed by atoms with Crippen molar-refractivity contribution in [2.75, 3.05) is 0 Å². The highest BCUT2D eigenvalue weighted by Gasteiger charge is 2.68. The molecule has 0 N–H and O–H groups in total. The van der Waals surface area contributed by atoms with E-state index < -0.39 is 17.9 Å². The highest BCUT2D eigenvalue weighted by Crippen LogP contribution is 2.63. The molecule has 1 aliphatic heterocycles. The largest absolute Gasteiger partial charge is 0.393 e. The zero-order chi connectivity index (χ0) is 12.6. The van der Waals surface area contributed by atoms with E-state index in [1.54, 1.807) is 0 Å². The van der Waals surface area contributed by atoms with E-state index in [0.29, 0.717) is 6.42 Å². The fraction of sp³-hybridized carbons (Fsp3) is 0.692. The molecule has 0 aromatic rings. The summed E-state index contributed by atoms with van der Waals surface area (Å²) in [6, 6.07) is 0. The van der Waals surface area contributed by atoms with Crippen molar-refractivity contribution in [3.05, 3.63) is 0 Å². The summed E-state index contributed by atoms with van der Waals surface area (Å²) in [7, 11) is 0. The fourth-order valence-corrected chi connectivity index (χ4v) is 4.82. The van der Waals surface area contributed by atoms with E-state index in [1.165, 1.54) is 0 Å². The number of fused-ring (bicyclic) bond motifs is 8. The second-order valence-corrected chi connectivity index (χ2v) is 5.93. The standard InChI is InChI=1S/C13H12O5/c14-4-1-5-6-3-7(9(5)8(15)2-4)11-10(6)12(16)18-13(11)17/h5-7,9-11H,1-3H2. The molecule has 94 valence electrons. The van der Waals surface area contributed by atoms with Crippen LogP contribution in [0.15, 0.2) is 0 Å². The third-order valence-electron chi connectivity index (χ3n) is 5.28. The highest BCUT2D eigenvalue weighted by atomic mass is 16.6. The smallest absolute Gasteiger partial charge is 0.317 e. The summed E-state index contributed by atoms with van der Waals surface area (Å²) >= 11 is 0. The summed E-state index contributed by atoms with van der Waals surface area (Å²) in [4.78, 5) is 46.9. The van der Waals surface area contributed by atoms with E-state index in [0.717, 1.165) is 6.42 Å². The summed E-state index contributed by atoms with van der Waals surface area (Å²) in [5, 5.41) is 0. The van der Waals surface area contributed by atoms with Crippen molar-refractivity contribution < 1.29 is 23.9 Å². The van der Waals surface area contributed by atoms with E-state index in [9.17, 15) is 19.2 Å². The van der Waals surface area contributed by atoms with E-state index in [4.69, 9.17) is 4.74 Å². The van der Waals surface area contributed by atoms with Crippen LogP contribution >= 0.6 is 0 Å². The number of ketones is 2. The molecule has 1 heterocycles. The van der Waals surface area contributed by atoms with Crippen molar-refractivity contribution >= 4 is 23.5 Å². The average Bonchev–Trinajstić information content (AvgIpc) is 2.90. The first-order valence-electron chi connectivity index (χ1n) is 6.38. The van der Waals surface area contributed by atoms with Crippen LogP contribution in [-0.4, -0.2) is 23.5 Å². The molecule has 4 rings (SSSR count). The minimum atomic E-state index is -0.458. The van der Waals surface area contributed by atoms with Gasteiger partial charge in [0, 0.05) is 12.3 Å². The molecular weight excluding hydrogens is 236 g/mol. The summed E-state index contributed by atoms with van der Waals surface area (Å²) in [5.41, 5.74) is 0. The molecule has 6 unspecified atom stereocenters. The van der Waals surface area contributed by atoms with Crippen molar-refractivity contribution in [3.63, 3.8) is 0 Å². The van der Waals surface area contributed by atoms with Gasteiger partial charge in [-0.15, -0.1) is 0 Å². The van der Waals surface area contributed by atoms with Crippen molar-refractivity contribution in [2.45, 2.75) is 19.3 Å². The van der Waals surface area contributed by atoms with Gasteiger partial charge >= 0.3 is 11.9 Å². The number of cyclic esters (lactones) is 2. The van der Waals surface area contributed by atoms with Gasteiger partial charge in [0.25, 0.3) is 0 Å². The molecule has 3 saturated carbocycles. The molecule has 4 fully saturated rings. The van der Waals surface area contributed by atoms with Gasteiger partial charge < -0.3 is 4.74 Å². The predicted molar refractivity (Wildman–Crippen MR) is 55.9 cm³/mol. The number of ether oxygens (including phenoxy) is 1. The number of hydrogen-bond donors (Lipinski definition) is 0. The molecular formula is C13H12O5. The van der Waals surface area contributed by atoms with Gasteiger partial charge in [0.15, 0.2) is 0 Å². The van der Waals surface area contributed by atoms with Crippen LogP contribution < -0.4 is 0 Å². The summed E-state index contributed by atoms with van der Waals surface area (Å²) in [5.74, 6) is -2.04.